The Kier molecular flexibility index (Phi) is 3.42. The summed E-state index contributed by atoms with van der Waals surface area (Å²) in [5.74, 6) is -0.0921. The molecule has 6 heteroatoms. The average Bonchev–Trinajstić information content (AvgIpc) is 3.01. The van der Waals surface area contributed by atoms with E-state index in [-0.39, 0.29) is 23.7 Å². The highest BCUT2D eigenvalue weighted by Gasteiger charge is 2.16. The van der Waals surface area contributed by atoms with Gasteiger partial charge in [-0.25, -0.2) is 0 Å². The number of hydrogen-bond donors (Lipinski definition) is 1. The Morgan fingerprint density at radius 1 is 1.43 bits per heavy atom. The van der Waals surface area contributed by atoms with Gasteiger partial charge in [0.1, 0.15) is 0 Å². The molecule has 0 bridgehead atoms. The van der Waals surface area contributed by atoms with Crippen LogP contribution in [0.25, 0.3) is 11.6 Å². The number of fused-ring (bicyclic) bond motifs is 1. The Hall–Kier alpha value is -2.65. The van der Waals surface area contributed by atoms with Crippen molar-refractivity contribution in [3.8, 4) is 11.9 Å². The van der Waals surface area contributed by atoms with E-state index in [1.165, 1.54) is 4.57 Å². The van der Waals surface area contributed by atoms with Gasteiger partial charge in [0, 0.05) is 23.9 Å². The Morgan fingerprint density at radius 2 is 2.24 bits per heavy atom. The van der Waals surface area contributed by atoms with E-state index in [0.717, 1.165) is 28.2 Å². The van der Waals surface area contributed by atoms with E-state index in [1.54, 1.807) is 12.3 Å². The molecule has 0 spiro atoms. The topological polar surface area (TPSA) is 78.4 Å². The Morgan fingerprint density at radius 3 is 3.05 bits per heavy atom. The molecule has 0 aliphatic carbocycles. The number of thiazole rings is 1. The van der Waals surface area contributed by atoms with Crippen LogP contribution in [-0.4, -0.2) is 15.9 Å². The highest BCUT2D eigenvalue weighted by Crippen LogP contribution is 2.34. The molecule has 1 N–H and O–H groups in total. The normalized spacial score (nSPS) is 14.3. The second-order valence-electron chi connectivity index (χ2n) is 4.49. The molecule has 0 saturated carbocycles. The lowest BCUT2D eigenvalue weighted by molar-refractivity contribution is 0.414. The van der Waals surface area contributed by atoms with Gasteiger partial charge >= 0.3 is 4.87 Å². The molecule has 1 aromatic carbocycles. The maximum absolute atomic E-state index is 11.8. The molecule has 0 fully saturated rings. The smallest absolute Gasteiger partial charge is 0.310 e. The molecule has 0 radical (unpaired) electrons. The molecule has 0 unspecified atom stereocenters. The number of nitrogens with zero attached hydrogens (tertiary/aromatic N) is 3. The van der Waals surface area contributed by atoms with Crippen molar-refractivity contribution in [1.29, 1.82) is 5.26 Å². The molecule has 5 nitrogen and oxygen atoms in total. The largest absolute Gasteiger partial charge is 0.493 e. The molecule has 0 amide bonds. The van der Waals surface area contributed by atoms with Crippen LogP contribution in [-0.2, 0) is 6.54 Å². The summed E-state index contributed by atoms with van der Waals surface area (Å²) >= 11 is 0.963. The van der Waals surface area contributed by atoms with Crippen LogP contribution in [0.2, 0.25) is 0 Å². The van der Waals surface area contributed by atoms with Crippen molar-refractivity contribution < 1.29 is 5.11 Å². The lowest BCUT2D eigenvalue weighted by atomic mass is 10.1. The van der Waals surface area contributed by atoms with Crippen LogP contribution in [0.3, 0.4) is 0 Å². The predicted octanol–water partition coefficient (Wildman–Crippen LogP) is 2.79. The van der Waals surface area contributed by atoms with Gasteiger partial charge in [0.05, 0.1) is 23.1 Å². The molecular formula is C15H11N3O2S. The first-order chi connectivity index (χ1) is 10.2. The minimum Gasteiger partial charge on any atom is -0.493 e. The molecule has 21 heavy (non-hydrogen) atoms. The van der Waals surface area contributed by atoms with Crippen LogP contribution in [0, 0.1) is 11.3 Å². The van der Waals surface area contributed by atoms with E-state index in [0.29, 0.717) is 4.88 Å². The van der Waals surface area contributed by atoms with Gasteiger partial charge in [0.15, 0.2) is 0 Å². The fraction of sp³-hybridized carbons (Fsp3) is 0.133. The van der Waals surface area contributed by atoms with Gasteiger partial charge in [-0.2, -0.15) is 5.26 Å². The van der Waals surface area contributed by atoms with Crippen molar-refractivity contribution in [3.05, 3.63) is 44.4 Å². The number of rotatable bonds is 3. The van der Waals surface area contributed by atoms with Crippen molar-refractivity contribution in [2.75, 3.05) is 0 Å². The van der Waals surface area contributed by atoms with Gasteiger partial charge in [-0.1, -0.05) is 29.5 Å². The second-order valence-corrected chi connectivity index (χ2v) is 5.48. The summed E-state index contributed by atoms with van der Waals surface area (Å²) in [5, 5.41) is 18.7. The number of aromatic hydroxyl groups is 1. The molecule has 2 aromatic rings. The first kappa shape index (κ1) is 13.3. The SMILES string of the molecule is N#CCCn1c(O)c(C=C2C=Nc3ccccc32)sc1=O. The summed E-state index contributed by atoms with van der Waals surface area (Å²) < 4.78 is 1.22. The molecule has 1 aliphatic heterocycles. The zero-order valence-corrected chi connectivity index (χ0v) is 11.8. The fourth-order valence-electron chi connectivity index (χ4n) is 2.16. The number of allylic oxidation sites excluding steroid dienone is 1. The third-order valence-electron chi connectivity index (χ3n) is 3.19. The van der Waals surface area contributed by atoms with Gasteiger partial charge in [-0.05, 0) is 12.1 Å². The Labute approximate surface area is 124 Å². The van der Waals surface area contributed by atoms with Gasteiger partial charge in [-0.15, -0.1) is 0 Å². The number of para-hydroxylation sites is 1. The van der Waals surface area contributed by atoms with E-state index < -0.39 is 0 Å². The lowest BCUT2D eigenvalue weighted by Crippen LogP contribution is -2.11. The standard InChI is InChI=1S/C15H11N3O2S/c16-6-3-7-18-14(19)13(21-15(18)20)8-10-9-17-12-5-2-1-4-11(10)12/h1-2,4-5,8-9,19H,3,7H2. The van der Waals surface area contributed by atoms with Crippen LogP contribution in [0.1, 0.15) is 16.9 Å². The monoisotopic (exact) mass is 297 g/mol. The first-order valence-electron chi connectivity index (χ1n) is 6.35. The van der Waals surface area contributed by atoms with Gasteiger partial charge in [-0.3, -0.25) is 14.4 Å². The molecule has 2 heterocycles. The molecule has 0 saturated heterocycles. The third-order valence-corrected chi connectivity index (χ3v) is 4.10. The van der Waals surface area contributed by atoms with E-state index >= 15 is 0 Å². The highest BCUT2D eigenvalue weighted by atomic mass is 32.1. The van der Waals surface area contributed by atoms with Crippen molar-refractivity contribution in [2.24, 2.45) is 4.99 Å². The van der Waals surface area contributed by atoms with Crippen molar-refractivity contribution in [3.63, 3.8) is 0 Å². The Balaban J connectivity index is 2.01. The number of aliphatic imine (C=N–C) groups is 1. The van der Waals surface area contributed by atoms with Crippen LogP contribution in [0.4, 0.5) is 5.69 Å². The maximum atomic E-state index is 11.8. The van der Waals surface area contributed by atoms with Crippen LogP contribution >= 0.6 is 11.3 Å². The number of benzene rings is 1. The summed E-state index contributed by atoms with van der Waals surface area (Å²) in [6, 6.07) is 9.65. The van der Waals surface area contributed by atoms with E-state index in [9.17, 15) is 9.90 Å². The summed E-state index contributed by atoms with van der Waals surface area (Å²) in [6.07, 6.45) is 3.65. The molecule has 1 aliphatic rings. The molecule has 104 valence electrons. The molecule has 0 atom stereocenters. The molecular weight excluding hydrogens is 286 g/mol. The third kappa shape index (κ3) is 2.39. The zero-order chi connectivity index (χ0) is 14.8. The van der Waals surface area contributed by atoms with Gasteiger partial charge < -0.3 is 5.11 Å². The number of nitriles is 1. The number of aromatic nitrogens is 1. The molecule has 1 aromatic heterocycles. The van der Waals surface area contributed by atoms with Crippen molar-refractivity contribution >= 4 is 34.9 Å². The summed E-state index contributed by atoms with van der Waals surface area (Å²) in [5.41, 5.74) is 2.70. The zero-order valence-electron chi connectivity index (χ0n) is 11.0. The van der Waals surface area contributed by atoms with Crippen LogP contribution in [0.5, 0.6) is 5.88 Å². The summed E-state index contributed by atoms with van der Waals surface area (Å²) in [6.45, 7) is 0.200. The fourth-order valence-corrected chi connectivity index (χ4v) is 3.03. The van der Waals surface area contributed by atoms with Crippen molar-refractivity contribution in [2.45, 2.75) is 13.0 Å². The predicted molar refractivity (Wildman–Crippen MR) is 82.9 cm³/mol. The quantitative estimate of drug-likeness (QED) is 0.946. The van der Waals surface area contributed by atoms with Crippen LogP contribution < -0.4 is 4.87 Å². The number of hydrogen-bond acceptors (Lipinski definition) is 5. The van der Waals surface area contributed by atoms with Gasteiger partial charge in [0.25, 0.3) is 0 Å². The van der Waals surface area contributed by atoms with E-state index in [2.05, 4.69) is 4.99 Å². The van der Waals surface area contributed by atoms with E-state index in [4.69, 9.17) is 5.26 Å². The minimum atomic E-state index is -0.266. The highest BCUT2D eigenvalue weighted by molar-refractivity contribution is 7.10. The Bertz CT molecular complexity index is 853. The van der Waals surface area contributed by atoms with Crippen molar-refractivity contribution in [1.82, 2.24) is 4.57 Å². The lowest BCUT2D eigenvalue weighted by Gasteiger charge is -2.00. The first-order valence-corrected chi connectivity index (χ1v) is 7.17. The summed E-state index contributed by atoms with van der Waals surface area (Å²) in [4.78, 5) is 16.3. The van der Waals surface area contributed by atoms with Crippen LogP contribution in [0.15, 0.2) is 34.1 Å². The minimum absolute atomic E-state index is 0.0921. The molecule has 3 rings (SSSR count). The van der Waals surface area contributed by atoms with E-state index in [1.807, 2.05) is 30.3 Å². The average molecular weight is 297 g/mol. The van der Waals surface area contributed by atoms with Gasteiger partial charge in [0.2, 0.25) is 5.88 Å². The summed E-state index contributed by atoms with van der Waals surface area (Å²) in [7, 11) is 0. The second kappa shape index (κ2) is 5.38. The maximum Gasteiger partial charge on any atom is 0.310 e.